The first-order valence-electron chi connectivity index (χ1n) is 14.3. The molecule has 2 aromatic rings. The number of amides is 2. The van der Waals surface area contributed by atoms with Crippen molar-refractivity contribution in [2.75, 3.05) is 18.6 Å². The highest BCUT2D eigenvalue weighted by atomic mass is 19.4. The Balaban J connectivity index is 1.71. The monoisotopic (exact) mass is 623 g/mol. The smallest absolute Gasteiger partial charge is 0.379 e. The number of nitriles is 1. The minimum Gasteiger partial charge on any atom is -0.379 e. The first-order chi connectivity index (χ1) is 20.8. The molecule has 1 aromatic carbocycles. The Morgan fingerprint density at radius 3 is 2.41 bits per heavy atom. The first-order valence-corrected chi connectivity index (χ1v) is 14.3. The van der Waals surface area contributed by atoms with Crippen LogP contribution >= 0.6 is 0 Å². The minimum atomic E-state index is -5.59. The van der Waals surface area contributed by atoms with Crippen LogP contribution in [0.2, 0.25) is 0 Å². The number of hydrogen-bond acceptors (Lipinski definition) is 6. The number of rotatable bonds is 8. The van der Waals surface area contributed by atoms with E-state index < -0.39 is 77.5 Å². The molecule has 0 radical (unpaired) electrons. The lowest BCUT2D eigenvalue weighted by Gasteiger charge is -2.45. The van der Waals surface area contributed by atoms with E-state index in [1.807, 2.05) is 0 Å². The van der Waals surface area contributed by atoms with Gasteiger partial charge in [0, 0.05) is 50.4 Å². The van der Waals surface area contributed by atoms with Gasteiger partial charge in [-0.3, -0.25) is 24.4 Å². The largest absolute Gasteiger partial charge is 0.425 e. The molecular weight excluding hydrogens is 592 g/mol. The Labute approximate surface area is 250 Å². The second kappa shape index (κ2) is 11.9. The lowest BCUT2D eigenvalue weighted by Crippen LogP contribution is -2.69. The number of alkyl halides is 5. The van der Waals surface area contributed by atoms with Crippen LogP contribution in [0.1, 0.15) is 62.0 Å². The Kier molecular flexibility index (Phi) is 8.54. The average molecular weight is 624 g/mol. The van der Waals surface area contributed by atoms with E-state index in [0.29, 0.717) is 5.56 Å². The van der Waals surface area contributed by atoms with E-state index in [4.69, 9.17) is 4.74 Å². The van der Waals surface area contributed by atoms with Crippen molar-refractivity contribution >= 4 is 17.5 Å². The number of aromatic nitrogens is 1. The third-order valence-electron chi connectivity index (χ3n) is 8.70. The Hall–Kier alpha value is -3.86. The zero-order valence-electron chi connectivity index (χ0n) is 23.8. The van der Waals surface area contributed by atoms with Gasteiger partial charge in [-0.1, -0.05) is 12.1 Å². The fraction of sp³-hybridized carbons (Fsp3) is 0.533. The number of nitrogens with one attached hydrogen (secondary N) is 1. The van der Waals surface area contributed by atoms with Crippen LogP contribution in [0.25, 0.3) is 0 Å². The number of likely N-dealkylation sites (tertiary alicyclic amines) is 1. The van der Waals surface area contributed by atoms with Crippen molar-refractivity contribution < 1.29 is 40.7 Å². The molecular formula is C30H31F6N5O3. The maximum atomic E-state index is 16.0. The maximum Gasteiger partial charge on any atom is 0.425 e. The number of carbonyl (C=O) groups excluding carboxylic acids is 2. The number of hydrogen-bond donors (Lipinski definition) is 1. The van der Waals surface area contributed by atoms with Crippen molar-refractivity contribution in [1.82, 2.24) is 15.2 Å². The summed E-state index contributed by atoms with van der Waals surface area (Å²) in [5.41, 5.74) is -4.99. The van der Waals surface area contributed by atoms with Gasteiger partial charge in [0.2, 0.25) is 11.5 Å². The summed E-state index contributed by atoms with van der Waals surface area (Å²) in [6.07, 6.45) is -3.17. The summed E-state index contributed by atoms with van der Waals surface area (Å²) in [6.45, 7) is -0.116. The number of ether oxygens (including phenoxy) is 1. The molecule has 1 unspecified atom stereocenters. The van der Waals surface area contributed by atoms with E-state index in [1.54, 1.807) is 6.19 Å². The van der Waals surface area contributed by atoms with Gasteiger partial charge in [0.05, 0.1) is 18.3 Å². The summed E-state index contributed by atoms with van der Waals surface area (Å²) in [4.78, 5) is 33.4. The molecule has 3 atom stereocenters. The van der Waals surface area contributed by atoms with Crippen LogP contribution in [-0.4, -0.2) is 65.6 Å². The molecule has 2 saturated carbocycles. The van der Waals surface area contributed by atoms with Crippen molar-refractivity contribution in [3.8, 4) is 6.19 Å². The highest BCUT2D eigenvalue weighted by molar-refractivity contribution is 6.07. The molecule has 8 nitrogen and oxygen atoms in total. The summed E-state index contributed by atoms with van der Waals surface area (Å²) in [5, 5.41) is 12.0. The molecule has 3 fully saturated rings. The van der Waals surface area contributed by atoms with E-state index in [0.717, 1.165) is 48.2 Å². The summed E-state index contributed by atoms with van der Waals surface area (Å²) >= 11 is 0. The van der Waals surface area contributed by atoms with Crippen LogP contribution in [0.5, 0.6) is 0 Å². The molecule has 1 saturated heterocycles. The van der Waals surface area contributed by atoms with Crippen LogP contribution in [0.3, 0.4) is 0 Å². The molecule has 44 heavy (non-hydrogen) atoms. The lowest BCUT2D eigenvalue weighted by atomic mass is 9.84. The zero-order chi connectivity index (χ0) is 31.9. The van der Waals surface area contributed by atoms with Gasteiger partial charge in [-0.05, 0) is 55.4 Å². The van der Waals surface area contributed by atoms with Crippen molar-refractivity contribution in [1.29, 1.82) is 5.26 Å². The van der Waals surface area contributed by atoms with E-state index in [1.165, 1.54) is 19.4 Å². The highest BCUT2D eigenvalue weighted by Crippen LogP contribution is 2.49. The number of halogens is 6. The Bertz CT molecular complexity index is 1420. The van der Waals surface area contributed by atoms with Crippen LogP contribution in [-0.2, 0) is 19.9 Å². The standard InChI is InChI=1S/C30H31F6N5O3/c1-44-22-14-25(40(16-22)17-37)26(42)41(24-7-6-19(13-23(24)31)18-4-5-18)29(30(34,35)36,20-3-2-12-38-15-20)27(43)39-21-8-10-28(32,33)11-9-21/h2-3,6-7,12-13,15,18,21-22,25H,4-5,8-11,14,16H2,1H3,(H,39,43)/t22-,25-,29?/m1/s1. The second-order valence-electron chi connectivity index (χ2n) is 11.6. The molecule has 1 N–H and O–H groups in total. The minimum absolute atomic E-state index is 0.0208. The number of nitrogens with zero attached hydrogens (tertiary/aromatic N) is 4. The Morgan fingerprint density at radius 1 is 1.16 bits per heavy atom. The molecule has 2 heterocycles. The Morgan fingerprint density at radius 2 is 1.86 bits per heavy atom. The molecule has 1 aromatic heterocycles. The lowest BCUT2D eigenvalue weighted by molar-refractivity contribution is -0.198. The molecule has 14 heteroatoms. The number of methoxy groups -OCH3 is 1. The maximum absolute atomic E-state index is 16.0. The van der Waals surface area contributed by atoms with Gasteiger partial charge in [-0.15, -0.1) is 0 Å². The molecule has 0 bridgehead atoms. The van der Waals surface area contributed by atoms with Gasteiger partial charge >= 0.3 is 6.18 Å². The molecule has 5 rings (SSSR count). The van der Waals surface area contributed by atoms with Crippen molar-refractivity contribution in [3.63, 3.8) is 0 Å². The fourth-order valence-electron chi connectivity index (χ4n) is 6.13. The van der Waals surface area contributed by atoms with Gasteiger partial charge in [0.1, 0.15) is 11.9 Å². The molecule has 236 valence electrons. The van der Waals surface area contributed by atoms with Gasteiger partial charge in [0.25, 0.3) is 11.8 Å². The predicted molar refractivity (Wildman–Crippen MR) is 145 cm³/mol. The highest BCUT2D eigenvalue weighted by Gasteiger charge is 2.68. The van der Waals surface area contributed by atoms with Crippen LogP contribution in [0.15, 0.2) is 42.7 Å². The number of benzene rings is 1. The third kappa shape index (κ3) is 5.81. The summed E-state index contributed by atoms with van der Waals surface area (Å²) < 4.78 is 96.4. The van der Waals surface area contributed by atoms with E-state index in [9.17, 15) is 23.6 Å². The number of carbonyl (C=O) groups is 2. The average Bonchev–Trinajstić information content (AvgIpc) is 3.75. The van der Waals surface area contributed by atoms with Crippen LogP contribution in [0, 0.1) is 17.3 Å². The van der Waals surface area contributed by atoms with Crippen molar-refractivity contribution in [2.24, 2.45) is 0 Å². The van der Waals surface area contributed by atoms with Crippen molar-refractivity contribution in [2.45, 2.75) is 86.7 Å². The molecule has 2 amide bonds. The fourth-order valence-corrected chi connectivity index (χ4v) is 6.13. The van der Waals surface area contributed by atoms with Crippen molar-refractivity contribution in [3.05, 3.63) is 59.7 Å². The van der Waals surface area contributed by atoms with Gasteiger partial charge in [-0.25, -0.2) is 13.2 Å². The number of pyridine rings is 1. The normalized spacial score (nSPS) is 23.5. The van der Waals surface area contributed by atoms with E-state index in [-0.39, 0.29) is 36.6 Å². The summed E-state index contributed by atoms with van der Waals surface area (Å²) in [7, 11) is 1.32. The predicted octanol–water partition coefficient (Wildman–Crippen LogP) is 5.15. The van der Waals surface area contributed by atoms with Gasteiger partial charge in [-0.2, -0.15) is 18.4 Å². The number of anilines is 1. The van der Waals surface area contributed by atoms with E-state index in [2.05, 4.69) is 10.3 Å². The zero-order valence-corrected chi connectivity index (χ0v) is 23.8. The first kappa shape index (κ1) is 31.6. The van der Waals surface area contributed by atoms with Gasteiger partial charge < -0.3 is 10.1 Å². The van der Waals surface area contributed by atoms with Crippen LogP contribution < -0.4 is 10.2 Å². The van der Waals surface area contributed by atoms with E-state index >= 15 is 17.6 Å². The molecule has 2 aliphatic carbocycles. The third-order valence-corrected chi connectivity index (χ3v) is 8.70. The van der Waals surface area contributed by atoms with Gasteiger partial charge in [0.15, 0.2) is 6.19 Å². The quantitative estimate of drug-likeness (QED) is 0.323. The molecule has 3 aliphatic rings. The summed E-state index contributed by atoms with van der Waals surface area (Å²) in [5.74, 6) is -7.29. The molecule has 0 spiro atoms. The SMILES string of the molecule is CO[C@@H]1C[C@H](C(=O)N(c2ccc(C3CC3)cc2F)C(C(=O)NC2CCC(F)(F)CC2)(c2cccnc2)C(F)(F)F)N(C#N)C1. The van der Waals surface area contributed by atoms with Crippen LogP contribution in [0.4, 0.5) is 32.0 Å². The topological polar surface area (TPSA) is 98.6 Å². The second-order valence-corrected chi connectivity index (χ2v) is 11.6. The molecule has 1 aliphatic heterocycles. The summed E-state index contributed by atoms with van der Waals surface area (Å²) in [6, 6.07) is 2.97.